The van der Waals surface area contributed by atoms with Gasteiger partial charge in [-0.2, -0.15) is 4.39 Å². The molecule has 88 valence electrons. The average Bonchev–Trinajstić information content (AvgIpc) is 2.77. The van der Waals surface area contributed by atoms with Crippen LogP contribution in [0.2, 0.25) is 0 Å². The summed E-state index contributed by atoms with van der Waals surface area (Å²) in [7, 11) is 1.12. The van der Waals surface area contributed by atoms with Crippen LogP contribution >= 0.6 is 0 Å². The fraction of sp³-hybridized carbons (Fsp3) is 0.455. The van der Waals surface area contributed by atoms with Crippen molar-refractivity contribution < 1.29 is 17.9 Å². The molecule has 1 aliphatic rings. The minimum absolute atomic E-state index is 0.133. The number of methoxy groups -OCH3 is 1. The highest BCUT2D eigenvalue weighted by Crippen LogP contribution is 2.33. The first-order valence-corrected chi connectivity index (χ1v) is 5.10. The Hall–Kier alpha value is -1.23. The third-order valence-corrected chi connectivity index (χ3v) is 2.78. The largest absolute Gasteiger partial charge is 0.491 e. The van der Waals surface area contributed by atoms with E-state index in [0.29, 0.717) is 6.42 Å². The van der Waals surface area contributed by atoms with E-state index in [2.05, 4.69) is 10.1 Å². The first kappa shape index (κ1) is 11.3. The van der Waals surface area contributed by atoms with E-state index >= 15 is 0 Å². The Morgan fingerprint density at radius 1 is 1.31 bits per heavy atom. The molecule has 0 bridgehead atoms. The molecule has 1 N–H and O–H groups in total. The van der Waals surface area contributed by atoms with Crippen LogP contribution in [0.4, 0.5) is 13.2 Å². The summed E-state index contributed by atoms with van der Waals surface area (Å²) < 4.78 is 44.7. The molecule has 1 heterocycles. The molecule has 0 unspecified atom stereocenters. The zero-order chi connectivity index (χ0) is 11.7. The third kappa shape index (κ3) is 1.75. The molecule has 1 aromatic carbocycles. The van der Waals surface area contributed by atoms with Crippen molar-refractivity contribution in [3.8, 4) is 5.75 Å². The minimum Gasteiger partial charge on any atom is -0.491 e. The predicted octanol–water partition coefficient (Wildman–Crippen LogP) is 2.54. The van der Waals surface area contributed by atoms with E-state index in [9.17, 15) is 13.2 Å². The molecular formula is C11H12F3NO. The number of ether oxygens (including phenoxy) is 1. The van der Waals surface area contributed by atoms with Crippen LogP contribution in [0, 0.1) is 17.5 Å². The van der Waals surface area contributed by atoms with Crippen LogP contribution in [-0.4, -0.2) is 13.7 Å². The van der Waals surface area contributed by atoms with Crippen molar-refractivity contribution in [2.75, 3.05) is 13.7 Å². The van der Waals surface area contributed by atoms with Gasteiger partial charge in [-0.05, 0) is 25.5 Å². The monoisotopic (exact) mass is 231 g/mol. The first-order chi connectivity index (χ1) is 7.65. The molecule has 1 fully saturated rings. The molecule has 0 saturated carbocycles. The van der Waals surface area contributed by atoms with Gasteiger partial charge in [0.05, 0.1) is 7.11 Å². The smallest absolute Gasteiger partial charge is 0.203 e. The topological polar surface area (TPSA) is 21.3 Å². The van der Waals surface area contributed by atoms with Crippen molar-refractivity contribution >= 4 is 0 Å². The van der Waals surface area contributed by atoms with E-state index in [1.807, 2.05) is 0 Å². The molecule has 2 rings (SSSR count). The summed E-state index contributed by atoms with van der Waals surface area (Å²) >= 11 is 0. The molecule has 16 heavy (non-hydrogen) atoms. The van der Waals surface area contributed by atoms with E-state index in [1.54, 1.807) is 0 Å². The molecule has 1 aliphatic heterocycles. The lowest BCUT2D eigenvalue weighted by Gasteiger charge is -2.14. The molecule has 0 aliphatic carbocycles. The average molecular weight is 231 g/mol. The zero-order valence-corrected chi connectivity index (χ0v) is 8.82. The van der Waals surface area contributed by atoms with Crippen molar-refractivity contribution in [1.29, 1.82) is 0 Å². The van der Waals surface area contributed by atoms with Gasteiger partial charge in [0.15, 0.2) is 17.4 Å². The van der Waals surface area contributed by atoms with Crippen LogP contribution in [-0.2, 0) is 0 Å². The SMILES string of the molecule is COc1c(F)c(F)cc([C@H]2CCCN2)c1F. The highest BCUT2D eigenvalue weighted by atomic mass is 19.2. The Kier molecular flexibility index (Phi) is 3.05. The molecule has 1 saturated heterocycles. The fourth-order valence-corrected chi connectivity index (χ4v) is 1.98. The van der Waals surface area contributed by atoms with Gasteiger partial charge >= 0.3 is 0 Å². The van der Waals surface area contributed by atoms with Gasteiger partial charge in [-0.3, -0.25) is 0 Å². The maximum Gasteiger partial charge on any atom is 0.203 e. The molecular weight excluding hydrogens is 219 g/mol. The van der Waals surface area contributed by atoms with Gasteiger partial charge in [-0.25, -0.2) is 8.78 Å². The van der Waals surface area contributed by atoms with E-state index in [1.165, 1.54) is 0 Å². The van der Waals surface area contributed by atoms with Gasteiger partial charge in [0.2, 0.25) is 5.82 Å². The summed E-state index contributed by atoms with van der Waals surface area (Å²) in [4.78, 5) is 0. The number of halogens is 3. The Labute approximate surface area is 91.4 Å². The molecule has 0 spiro atoms. The molecule has 0 radical (unpaired) electrons. The van der Waals surface area contributed by atoms with Crippen molar-refractivity contribution in [3.05, 3.63) is 29.1 Å². The van der Waals surface area contributed by atoms with Crippen molar-refractivity contribution in [3.63, 3.8) is 0 Å². The van der Waals surface area contributed by atoms with Gasteiger partial charge in [-0.1, -0.05) is 0 Å². The standard InChI is InChI=1S/C11H12F3NO/c1-16-11-9(13)6(5-7(12)10(11)14)8-3-2-4-15-8/h5,8,15H,2-4H2,1H3/t8-/m1/s1. The lowest BCUT2D eigenvalue weighted by molar-refractivity contribution is 0.341. The molecule has 1 aromatic rings. The molecule has 0 aromatic heterocycles. The van der Waals surface area contributed by atoms with E-state index in [0.717, 1.165) is 26.1 Å². The van der Waals surface area contributed by atoms with Crippen molar-refractivity contribution in [1.82, 2.24) is 5.32 Å². The number of hydrogen-bond acceptors (Lipinski definition) is 2. The van der Waals surface area contributed by atoms with Gasteiger partial charge in [0.25, 0.3) is 0 Å². The first-order valence-electron chi connectivity index (χ1n) is 5.10. The van der Waals surface area contributed by atoms with Crippen molar-refractivity contribution in [2.45, 2.75) is 18.9 Å². The third-order valence-electron chi connectivity index (χ3n) is 2.78. The maximum absolute atomic E-state index is 13.8. The van der Waals surface area contributed by atoms with Crippen LogP contribution in [0.3, 0.4) is 0 Å². The van der Waals surface area contributed by atoms with Gasteiger partial charge in [0, 0.05) is 11.6 Å². The van der Waals surface area contributed by atoms with Crippen LogP contribution in [0.1, 0.15) is 24.4 Å². The van der Waals surface area contributed by atoms with E-state index in [-0.39, 0.29) is 11.6 Å². The second-order valence-electron chi connectivity index (χ2n) is 3.76. The summed E-state index contributed by atoms with van der Waals surface area (Å²) in [5.41, 5.74) is 0.133. The number of benzene rings is 1. The second kappa shape index (κ2) is 4.33. The number of rotatable bonds is 2. The maximum atomic E-state index is 13.8. The number of nitrogens with one attached hydrogen (secondary N) is 1. The Morgan fingerprint density at radius 2 is 2.06 bits per heavy atom. The quantitative estimate of drug-likeness (QED) is 0.790. The fourth-order valence-electron chi connectivity index (χ4n) is 1.98. The highest BCUT2D eigenvalue weighted by molar-refractivity contribution is 5.35. The van der Waals surface area contributed by atoms with E-state index in [4.69, 9.17) is 0 Å². The van der Waals surface area contributed by atoms with Crippen LogP contribution in [0.25, 0.3) is 0 Å². The summed E-state index contributed by atoms with van der Waals surface area (Å²) in [6, 6.07) is 0.639. The van der Waals surface area contributed by atoms with Gasteiger partial charge in [-0.15, -0.1) is 0 Å². The van der Waals surface area contributed by atoms with E-state index < -0.39 is 23.2 Å². The van der Waals surface area contributed by atoms with Crippen LogP contribution in [0.5, 0.6) is 5.75 Å². The normalized spacial score (nSPS) is 20.1. The van der Waals surface area contributed by atoms with Crippen LogP contribution < -0.4 is 10.1 Å². The molecule has 5 heteroatoms. The Morgan fingerprint density at radius 3 is 2.62 bits per heavy atom. The summed E-state index contributed by atoms with van der Waals surface area (Å²) in [5.74, 6) is -3.83. The van der Waals surface area contributed by atoms with Crippen LogP contribution in [0.15, 0.2) is 6.07 Å². The molecule has 1 atom stereocenters. The summed E-state index contributed by atoms with van der Waals surface area (Å²) in [5, 5.41) is 3.03. The zero-order valence-electron chi connectivity index (χ0n) is 8.82. The highest BCUT2D eigenvalue weighted by Gasteiger charge is 2.26. The Bertz CT molecular complexity index is 403. The second-order valence-corrected chi connectivity index (χ2v) is 3.76. The minimum atomic E-state index is -1.28. The molecule has 0 amide bonds. The van der Waals surface area contributed by atoms with Crippen molar-refractivity contribution in [2.24, 2.45) is 0 Å². The molecule has 2 nitrogen and oxygen atoms in total. The lowest BCUT2D eigenvalue weighted by atomic mass is 10.0. The Balaban J connectivity index is 2.49. The van der Waals surface area contributed by atoms with Gasteiger partial charge in [0.1, 0.15) is 0 Å². The van der Waals surface area contributed by atoms with Gasteiger partial charge < -0.3 is 10.1 Å². The predicted molar refractivity (Wildman–Crippen MR) is 52.8 cm³/mol. The lowest BCUT2D eigenvalue weighted by Crippen LogP contribution is -2.15. The summed E-state index contributed by atoms with van der Waals surface area (Å²) in [6.07, 6.45) is 1.61. The number of hydrogen-bond donors (Lipinski definition) is 1. The summed E-state index contributed by atoms with van der Waals surface area (Å²) in [6.45, 7) is 0.755.